The summed E-state index contributed by atoms with van der Waals surface area (Å²) >= 11 is 0. The highest BCUT2D eigenvalue weighted by atomic mass is 16.5. The van der Waals surface area contributed by atoms with Crippen LogP contribution >= 0.6 is 0 Å². The van der Waals surface area contributed by atoms with Gasteiger partial charge in [-0.2, -0.15) is 0 Å². The summed E-state index contributed by atoms with van der Waals surface area (Å²) in [5.41, 5.74) is 3.22. The Morgan fingerprint density at radius 2 is 0.900 bits per heavy atom. The van der Waals surface area contributed by atoms with Gasteiger partial charge in [-0.25, -0.2) is 9.59 Å². The van der Waals surface area contributed by atoms with Gasteiger partial charge in [-0.3, -0.25) is 9.97 Å². The molecule has 4 aromatic rings. The first-order chi connectivity index (χ1) is 19.4. The zero-order valence-electron chi connectivity index (χ0n) is 22.9. The maximum absolute atomic E-state index is 10.5. The lowest BCUT2D eigenvalue weighted by molar-refractivity contribution is 0.0686. The normalized spacial score (nSPS) is 9.75. The molecule has 4 rings (SSSR count). The van der Waals surface area contributed by atoms with Gasteiger partial charge in [0.15, 0.2) is 0 Å². The van der Waals surface area contributed by atoms with Crippen molar-refractivity contribution >= 4 is 11.9 Å². The molecule has 40 heavy (non-hydrogen) atoms. The van der Waals surface area contributed by atoms with Crippen molar-refractivity contribution in [2.75, 3.05) is 13.2 Å². The largest absolute Gasteiger partial charge is 0.494 e. The number of carboxylic acids is 2. The fourth-order valence-electron chi connectivity index (χ4n) is 3.21. The Kier molecular flexibility index (Phi) is 14.6. The summed E-state index contributed by atoms with van der Waals surface area (Å²) < 4.78 is 10.6. The second-order valence-electron chi connectivity index (χ2n) is 8.57. The monoisotopic (exact) mass is 544 g/mol. The molecule has 0 spiro atoms. The number of hydrogen-bond acceptors (Lipinski definition) is 6. The van der Waals surface area contributed by atoms with E-state index in [4.69, 9.17) is 19.7 Å². The van der Waals surface area contributed by atoms with E-state index in [1.807, 2.05) is 38.6 Å². The van der Waals surface area contributed by atoms with Gasteiger partial charge in [0.25, 0.3) is 0 Å². The van der Waals surface area contributed by atoms with Crippen molar-refractivity contribution < 1.29 is 29.3 Å². The summed E-state index contributed by atoms with van der Waals surface area (Å²) in [5.74, 6) is -0.400. The Labute approximate surface area is 235 Å². The maximum atomic E-state index is 10.5. The van der Waals surface area contributed by atoms with Crippen LogP contribution in [0.15, 0.2) is 97.6 Å². The van der Waals surface area contributed by atoms with E-state index in [2.05, 4.69) is 34.2 Å². The number of aromatic carboxylic acids is 2. The molecule has 0 aliphatic rings. The van der Waals surface area contributed by atoms with Gasteiger partial charge >= 0.3 is 11.9 Å². The number of nitrogens with zero attached hydrogens (tertiary/aromatic N) is 2. The summed E-state index contributed by atoms with van der Waals surface area (Å²) in [4.78, 5) is 29.0. The van der Waals surface area contributed by atoms with Gasteiger partial charge in [-0.1, -0.05) is 13.8 Å². The molecule has 0 saturated carbocycles. The van der Waals surface area contributed by atoms with E-state index in [1.165, 1.54) is 35.4 Å². The molecule has 0 aliphatic carbocycles. The minimum absolute atomic E-state index is 0.281. The van der Waals surface area contributed by atoms with Crippen molar-refractivity contribution in [2.45, 2.75) is 39.5 Å². The fraction of sp³-hybridized carbons (Fsp3) is 0.250. The van der Waals surface area contributed by atoms with Gasteiger partial charge in [-0.05, 0) is 110 Å². The molecule has 0 bridgehead atoms. The van der Waals surface area contributed by atoms with Gasteiger partial charge in [-0.15, -0.1) is 0 Å². The molecule has 0 fully saturated rings. The predicted molar refractivity (Wildman–Crippen MR) is 154 cm³/mol. The zero-order chi connectivity index (χ0) is 29.0. The third-order valence-corrected chi connectivity index (χ3v) is 5.35. The summed E-state index contributed by atoms with van der Waals surface area (Å²) in [6, 6.07) is 21.0. The molecule has 2 N–H and O–H groups in total. The number of hydrogen-bond donors (Lipinski definition) is 2. The zero-order valence-corrected chi connectivity index (χ0v) is 22.9. The molecule has 0 radical (unpaired) electrons. The third-order valence-electron chi connectivity index (χ3n) is 5.35. The Bertz CT molecular complexity index is 1150. The number of rotatable bonds is 11. The van der Waals surface area contributed by atoms with Crippen LogP contribution in [0.25, 0.3) is 0 Å². The van der Waals surface area contributed by atoms with Crippen LogP contribution in [0.5, 0.6) is 11.5 Å². The van der Waals surface area contributed by atoms with E-state index < -0.39 is 11.9 Å². The van der Waals surface area contributed by atoms with Crippen molar-refractivity contribution in [3.63, 3.8) is 0 Å². The van der Waals surface area contributed by atoms with Crippen LogP contribution in [0, 0.1) is 0 Å². The number of benzene rings is 2. The van der Waals surface area contributed by atoms with Gasteiger partial charge in [0.1, 0.15) is 11.5 Å². The van der Waals surface area contributed by atoms with E-state index in [0.29, 0.717) is 24.7 Å². The topological polar surface area (TPSA) is 119 Å². The van der Waals surface area contributed by atoms with Crippen molar-refractivity contribution in [1.82, 2.24) is 9.97 Å². The van der Waals surface area contributed by atoms with Gasteiger partial charge in [0.05, 0.1) is 24.3 Å². The Hall–Kier alpha value is -4.72. The number of aryl methyl sites for hydroxylation is 2. The van der Waals surface area contributed by atoms with Crippen LogP contribution in [-0.4, -0.2) is 45.3 Å². The first kappa shape index (κ1) is 31.5. The van der Waals surface area contributed by atoms with Crippen molar-refractivity contribution in [2.24, 2.45) is 0 Å². The molecule has 0 aliphatic heterocycles. The minimum Gasteiger partial charge on any atom is -0.494 e. The SMILES string of the molecule is CCCOc1ccc(C(=O)O)cc1.CCCOc1ccc(C(=O)O)cc1.c1cc(CCc2ccncc2)ccn1. The lowest BCUT2D eigenvalue weighted by Crippen LogP contribution is -1.97. The Balaban J connectivity index is 0.000000210. The second kappa shape index (κ2) is 18.5. The first-order valence-electron chi connectivity index (χ1n) is 13.1. The Morgan fingerprint density at radius 3 is 1.18 bits per heavy atom. The molecule has 2 aromatic carbocycles. The second-order valence-corrected chi connectivity index (χ2v) is 8.57. The molecule has 0 unspecified atom stereocenters. The van der Waals surface area contributed by atoms with E-state index in [0.717, 1.165) is 25.7 Å². The standard InChI is InChI=1S/C12H12N2.2C10H12O3/c1(11-3-7-13-8-4-11)2-12-5-9-14-10-6-12;2*1-2-7-13-9-5-3-8(4-6-9)10(11)12/h3-10H,1-2H2;2*3-6H,2,7H2,1H3,(H,11,12). The number of carboxylic acid groups (broad SMARTS) is 2. The molecule has 2 aromatic heterocycles. The molecule has 0 atom stereocenters. The molecule has 0 amide bonds. The average Bonchev–Trinajstić information content (AvgIpc) is 3.00. The molecule has 8 heteroatoms. The van der Waals surface area contributed by atoms with E-state index in [-0.39, 0.29) is 11.1 Å². The molecular weight excluding hydrogens is 508 g/mol. The number of aromatic nitrogens is 2. The molecule has 0 saturated heterocycles. The van der Waals surface area contributed by atoms with Crippen molar-refractivity contribution in [3.8, 4) is 11.5 Å². The number of carbonyl (C=O) groups is 2. The minimum atomic E-state index is -0.915. The van der Waals surface area contributed by atoms with E-state index >= 15 is 0 Å². The lowest BCUT2D eigenvalue weighted by atomic mass is 10.1. The quantitative estimate of drug-likeness (QED) is 0.217. The molecule has 2 heterocycles. The highest BCUT2D eigenvalue weighted by Gasteiger charge is 2.02. The maximum Gasteiger partial charge on any atom is 0.335 e. The number of ether oxygens (including phenoxy) is 2. The summed E-state index contributed by atoms with van der Waals surface area (Å²) in [6.45, 7) is 5.36. The summed E-state index contributed by atoms with van der Waals surface area (Å²) in [6.07, 6.45) is 11.4. The van der Waals surface area contributed by atoms with Crippen LogP contribution in [0.4, 0.5) is 0 Å². The average molecular weight is 545 g/mol. The van der Waals surface area contributed by atoms with Crippen LogP contribution in [0.2, 0.25) is 0 Å². The summed E-state index contributed by atoms with van der Waals surface area (Å²) in [5, 5.41) is 17.2. The van der Waals surface area contributed by atoms with Crippen LogP contribution in [0.1, 0.15) is 58.5 Å². The Morgan fingerprint density at radius 1 is 0.575 bits per heavy atom. The van der Waals surface area contributed by atoms with Crippen molar-refractivity contribution in [1.29, 1.82) is 0 Å². The smallest absolute Gasteiger partial charge is 0.335 e. The third kappa shape index (κ3) is 12.7. The van der Waals surface area contributed by atoms with Crippen LogP contribution in [0.3, 0.4) is 0 Å². The molecule has 8 nitrogen and oxygen atoms in total. The van der Waals surface area contributed by atoms with E-state index in [1.54, 1.807) is 24.3 Å². The van der Waals surface area contributed by atoms with Gasteiger partial charge in [0.2, 0.25) is 0 Å². The fourth-order valence-corrected chi connectivity index (χ4v) is 3.21. The summed E-state index contributed by atoms with van der Waals surface area (Å²) in [7, 11) is 0. The van der Waals surface area contributed by atoms with E-state index in [9.17, 15) is 9.59 Å². The lowest BCUT2D eigenvalue weighted by Gasteiger charge is -2.03. The highest BCUT2D eigenvalue weighted by molar-refractivity contribution is 5.88. The van der Waals surface area contributed by atoms with Crippen LogP contribution < -0.4 is 9.47 Å². The van der Waals surface area contributed by atoms with Crippen LogP contribution in [-0.2, 0) is 12.8 Å². The predicted octanol–water partition coefficient (Wildman–Crippen LogP) is 6.61. The molecular formula is C32H36N2O6. The van der Waals surface area contributed by atoms with Crippen molar-refractivity contribution in [3.05, 3.63) is 120 Å². The van der Waals surface area contributed by atoms with Gasteiger partial charge in [0, 0.05) is 24.8 Å². The van der Waals surface area contributed by atoms with Gasteiger partial charge < -0.3 is 19.7 Å². The highest BCUT2D eigenvalue weighted by Crippen LogP contribution is 2.13. The number of pyridine rings is 2. The first-order valence-corrected chi connectivity index (χ1v) is 13.1. The molecule has 210 valence electrons.